The summed E-state index contributed by atoms with van der Waals surface area (Å²) < 4.78 is 0. The lowest BCUT2D eigenvalue weighted by atomic mass is 10.4. The maximum absolute atomic E-state index is 2.13. The van der Waals surface area contributed by atoms with Crippen molar-refractivity contribution in [1.29, 1.82) is 0 Å². The fourth-order valence-corrected chi connectivity index (χ4v) is 3.41. The van der Waals surface area contributed by atoms with Crippen molar-refractivity contribution in [2.45, 2.75) is 9.79 Å². The molecule has 0 atom stereocenters. The van der Waals surface area contributed by atoms with E-state index in [1.807, 2.05) is 48.5 Å². The molecule has 0 unspecified atom stereocenters. The monoisotopic (exact) mass is 296 g/mol. The van der Waals surface area contributed by atoms with Crippen LogP contribution in [0, 0.1) is 0 Å². The molecule has 0 nitrogen and oxygen atoms in total. The number of rotatable bonds is 3. The molecule has 0 aliphatic heterocycles. The van der Waals surface area contributed by atoms with E-state index < -0.39 is 0 Å². The molecule has 0 bridgehead atoms. The smallest absolute Gasteiger partial charge is 0.0186 e. The molecule has 0 N–H and O–H groups in total. The molecule has 0 aromatic heterocycles. The van der Waals surface area contributed by atoms with E-state index in [0.29, 0.717) is 0 Å². The fraction of sp³-hybridized carbons (Fsp3) is 0. The maximum Gasteiger partial charge on any atom is 0.0186 e. The lowest BCUT2D eigenvalue weighted by molar-refractivity contribution is 1.47. The standard InChI is InChI=1S/C12H10S2.C6H6/c1-3-7-11(8-4-1)13-14-12-9-5-2-6-10-12;1-2-4-6-5-3-1/h1-10H;1-6H. The summed E-state index contributed by atoms with van der Waals surface area (Å²) in [6, 6.07) is 32.8. The van der Waals surface area contributed by atoms with Crippen LogP contribution >= 0.6 is 21.6 Å². The zero-order valence-electron chi connectivity index (χ0n) is 11.1. The molecule has 0 fully saturated rings. The molecule has 0 saturated carbocycles. The van der Waals surface area contributed by atoms with Crippen LogP contribution in [-0.2, 0) is 0 Å². The Labute approximate surface area is 128 Å². The first-order valence-electron chi connectivity index (χ1n) is 6.40. The lowest BCUT2D eigenvalue weighted by Crippen LogP contribution is -1.67. The van der Waals surface area contributed by atoms with Crippen LogP contribution in [0.3, 0.4) is 0 Å². The summed E-state index contributed by atoms with van der Waals surface area (Å²) >= 11 is 0. The van der Waals surface area contributed by atoms with Crippen molar-refractivity contribution < 1.29 is 0 Å². The van der Waals surface area contributed by atoms with Gasteiger partial charge in [-0.2, -0.15) is 0 Å². The third-order valence-corrected chi connectivity index (χ3v) is 4.80. The van der Waals surface area contributed by atoms with E-state index in [9.17, 15) is 0 Å². The molecule has 0 saturated heterocycles. The van der Waals surface area contributed by atoms with Crippen LogP contribution in [0.15, 0.2) is 107 Å². The molecule has 0 spiro atoms. The zero-order valence-corrected chi connectivity index (χ0v) is 12.7. The van der Waals surface area contributed by atoms with E-state index in [-0.39, 0.29) is 0 Å². The van der Waals surface area contributed by atoms with Gasteiger partial charge in [0.15, 0.2) is 0 Å². The van der Waals surface area contributed by atoms with Crippen LogP contribution in [0.5, 0.6) is 0 Å². The number of hydrogen-bond acceptors (Lipinski definition) is 2. The summed E-state index contributed by atoms with van der Waals surface area (Å²) in [5.41, 5.74) is 0. The Morgan fingerprint density at radius 2 is 0.600 bits per heavy atom. The Hall–Kier alpha value is -1.64. The van der Waals surface area contributed by atoms with Gasteiger partial charge in [0.05, 0.1) is 0 Å². The van der Waals surface area contributed by atoms with Crippen molar-refractivity contribution in [3.8, 4) is 0 Å². The first-order chi connectivity index (χ1) is 9.95. The van der Waals surface area contributed by atoms with Gasteiger partial charge in [-0.05, 0) is 24.3 Å². The van der Waals surface area contributed by atoms with Gasteiger partial charge in [-0.3, -0.25) is 0 Å². The summed E-state index contributed by atoms with van der Waals surface area (Å²) in [6.07, 6.45) is 0. The molecule has 3 rings (SSSR count). The molecular formula is C18H16S2. The lowest BCUT2D eigenvalue weighted by Gasteiger charge is -1.99. The Bertz CT molecular complexity index is 499. The van der Waals surface area contributed by atoms with Crippen molar-refractivity contribution in [3.05, 3.63) is 97.1 Å². The predicted octanol–water partition coefficient (Wildman–Crippen LogP) is 6.17. The normalized spacial score (nSPS) is 9.40. The number of benzene rings is 3. The zero-order chi connectivity index (χ0) is 13.9. The van der Waals surface area contributed by atoms with Crippen molar-refractivity contribution in [3.63, 3.8) is 0 Å². The topological polar surface area (TPSA) is 0 Å². The van der Waals surface area contributed by atoms with Crippen LogP contribution in [-0.4, -0.2) is 0 Å². The summed E-state index contributed by atoms with van der Waals surface area (Å²) in [5, 5.41) is 0. The molecular weight excluding hydrogens is 280 g/mol. The Morgan fingerprint density at radius 3 is 0.900 bits per heavy atom. The second kappa shape index (κ2) is 9.29. The molecule has 100 valence electrons. The quantitative estimate of drug-likeness (QED) is 0.530. The Balaban J connectivity index is 0.000000205. The van der Waals surface area contributed by atoms with Crippen molar-refractivity contribution >= 4 is 21.6 Å². The highest BCUT2D eigenvalue weighted by molar-refractivity contribution is 8.76. The minimum absolute atomic E-state index is 1.29. The van der Waals surface area contributed by atoms with Gasteiger partial charge < -0.3 is 0 Å². The molecule has 0 amide bonds. The first kappa shape index (κ1) is 14.8. The van der Waals surface area contributed by atoms with Gasteiger partial charge in [0.2, 0.25) is 0 Å². The fourth-order valence-electron chi connectivity index (χ4n) is 1.43. The molecule has 20 heavy (non-hydrogen) atoms. The van der Waals surface area contributed by atoms with E-state index in [0.717, 1.165) is 0 Å². The summed E-state index contributed by atoms with van der Waals surface area (Å²) in [6.45, 7) is 0. The SMILES string of the molecule is c1ccc(SSc2ccccc2)cc1.c1ccccc1. The predicted molar refractivity (Wildman–Crippen MR) is 91.0 cm³/mol. The molecule has 3 aromatic rings. The summed E-state index contributed by atoms with van der Waals surface area (Å²) in [4.78, 5) is 2.59. The minimum Gasteiger partial charge on any atom is -0.0623 e. The first-order valence-corrected chi connectivity index (χ1v) is 8.55. The summed E-state index contributed by atoms with van der Waals surface area (Å²) in [7, 11) is 3.58. The van der Waals surface area contributed by atoms with Gasteiger partial charge in [0, 0.05) is 9.79 Å². The average Bonchev–Trinajstić information content (AvgIpc) is 2.57. The van der Waals surface area contributed by atoms with E-state index >= 15 is 0 Å². The third kappa shape index (κ3) is 6.00. The van der Waals surface area contributed by atoms with Crippen molar-refractivity contribution in [2.75, 3.05) is 0 Å². The van der Waals surface area contributed by atoms with E-state index in [4.69, 9.17) is 0 Å². The van der Waals surface area contributed by atoms with Crippen LogP contribution in [0.2, 0.25) is 0 Å². The van der Waals surface area contributed by atoms with Gasteiger partial charge in [0.1, 0.15) is 0 Å². The van der Waals surface area contributed by atoms with Gasteiger partial charge in [0.25, 0.3) is 0 Å². The second-order valence-electron chi connectivity index (χ2n) is 3.95. The largest absolute Gasteiger partial charge is 0.0623 e. The number of hydrogen-bond donors (Lipinski definition) is 0. The van der Waals surface area contributed by atoms with Gasteiger partial charge >= 0.3 is 0 Å². The van der Waals surface area contributed by atoms with Crippen LogP contribution < -0.4 is 0 Å². The highest BCUT2D eigenvalue weighted by Gasteiger charge is 1.94. The van der Waals surface area contributed by atoms with Gasteiger partial charge in [-0.1, -0.05) is 94.4 Å². The van der Waals surface area contributed by atoms with Crippen molar-refractivity contribution in [1.82, 2.24) is 0 Å². The van der Waals surface area contributed by atoms with E-state index in [2.05, 4.69) is 48.5 Å². The second-order valence-corrected chi connectivity index (χ2v) is 6.22. The van der Waals surface area contributed by atoms with Gasteiger partial charge in [-0.25, -0.2) is 0 Å². The maximum atomic E-state index is 2.13. The highest BCUT2D eigenvalue weighted by atomic mass is 33.1. The van der Waals surface area contributed by atoms with Gasteiger partial charge in [-0.15, -0.1) is 0 Å². The summed E-state index contributed by atoms with van der Waals surface area (Å²) in [5.74, 6) is 0. The van der Waals surface area contributed by atoms with Crippen molar-refractivity contribution in [2.24, 2.45) is 0 Å². The molecule has 0 heterocycles. The van der Waals surface area contributed by atoms with E-state index in [1.165, 1.54) is 9.79 Å². The Kier molecular flexibility index (Phi) is 6.86. The van der Waals surface area contributed by atoms with E-state index in [1.54, 1.807) is 21.6 Å². The van der Waals surface area contributed by atoms with Crippen LogP contribution in [0.4, 0.5) is 0 Å². The van der Waals surface area contributed by atoms with Crippen LogP contribution in [0.25, 0.3) is 0 Å². The Morgan fingerprint density at radius 1 is 0.350 bits per heavy atom. The van der Waals surface area contributed by atoms with Crippen LogP contribution in [0.1, 0.15) is 0 Å². The molecule has 2 heteroatoms. The minimum atomic E-state index is 1.29. The molecule has 0 aliphatic carbocycles. The molecule has 0 aliphatic rings. The average molecular weight is 296 g/mol. The highest BCUT2D eigenvalue weighted by Crippen LogP contribution is 2.36. The third-order valence-electron chi connectivity index (χ3n) is 2.39. The molecule has 3 aromatic carbocycles. The molecule has 0 radical (unpaired) electrons.